The van der Waals surface area contributed by atoms with Crippen molar-refractivity contribution in [3.8, 4) is 0 Å². The number of nitrogen functional groups attached to an aromatic ring is 1. The fraction of sp³-hybridized carbons (Fsp3) is 0.167. The number of nitrogens with two attached hydrogens (primary N) is 1. The summed E-state index contributed by atoms with van der Waals surface area (Å²) in [6.07, 6.45) is 1.92. The zero-order valence-corrected chi connectivity index (χ0v) is 13.0. The van der Waals surface area contributed by atoms with Crippen LogP contribution in [0.2, 0.25) is 0 Å². The molecule has 0 fully saturated rings. The number of aryl methyl sites for hydroxylation is 1. The SMILES string of the molecule is CSc1nc(NN)cc(Nc2cc(C)ccc2Br)n1. The van der Waals surface area contributed by atoms with Gasteiger partial charge in [0.15, 0.2) is 5.16 Å². The van der Waals surface area contributed by atoms with Crippen LogP contribution in [0, 0.1) is 6.92 Å². The van der Waals surface area contributed by atoms with Gasteiger partial charge >= 0.3 is 0 Å². The molecular formula is C12H14BrN5S. The van der Waals surface area contributed by atoms with Crippen LogP contribution < -0.4 is 16.6 Å². The fourth-order valence-electron chi connectivity index (χ4n) is 1.53. The van der Waals surface area contributed by atoms with Gasteiger partial charge in [-0.3, -0.25) is 0 Å². The van der Waals surface area contributed by atoms with Gasteiger partial charge in [-0.2, -0.15) is 0 Å². The van der Waals surface area contributed by atoms with Crippen LogP contribution >= 0.6 is 27.7 Å². The van der Waals surface area contributed by atoms with Crippen molar-refractivity contribution in [2.45, 2.75) is 12.1 Å². The van der Waals surface area contributed by atoms with Gasteiger partial charge in [-0.05, 0) is 46.8 Å². The zero-order chi connectivity index (χ0) is 13.8. The van der Waals surface area contributed by atoms with Crippen LogP contribution in [0.1, 0.15) is 5.56 Å². The Morgan fingerprint density at radius 1 is 1.21 bits per heavy atom. The molecule has 5 nitrogen and oxygen atoms in total. The van der Waals surface area contributed by atoms with Crippen LogP contribution in [0.5, 0.6) is 0 Å². The molecule has 0 bridgehead atoms. The lowest BCUT2D eigenvalue weighted by atomic mass is 10.2. The summed E-state index contributed by atoms with van der Waals surface area (Å²) in [4.78, 5) is 8.61. The summed E-state index contributed by atoms with van der Waals surface area (Å²) in [5.41, 5.74) is 4.66. The average Bonchev–Trinajstić information content (AvgIpc) is 2.42. The molecule has 0 aliphatic heterocycles. The van der Waals surface area contributed by atoms with E-state index in [4.69, 9.17) is 5.84 Å². The summed E-state index contributed by atoms with van der Waals surface area (Å²) < 4.78 is 0.977. The number of hydrogen-bond donors (Lipinski definition) is 3. The largest absolute Gasteiger partial charge is 0.339 e. The first-order chi connectivity index (χ1) is 9.12. The highest BCUT2D eigenvalue weighted by Crippen LogP contribution is 2.27. The fourth-order valence-corrected chi connectivity index (χ4v) is 2.25. The van der Waals surface area contributed by atoms with Gasteiger partial charge in [-0.15, -0.1) is 0 Å². The first-order valence-corrected chi connectivity index (χ1v) is 7.57. The predicted octanol–water partition coefficient (Wildman–Crippen LogP) is 3.30. The summed E-state index contributed by atoms with van der Waals surface area (Å²) in [7, 11) is 0. The van der Waals surface area contributed by atoms with Gasteiger partial charge in [0.05, 0.1) is 5.69 Å². The number of hydrogen-bond acceptors (Lipinski definition) is 6. The molecule has 100 valence electrons. The van der Waals surface area contributed by atoms with E-state index >= 15 is 0 Å². The molecule has 0 amide bonds. The van der Waals surface area contributed by atoms with E-state index in [0.717, 1.165) is 10.2 Å². The highest BCUT2D eigenvalue weighted by atomic mass is 79.9. The second-order valence-electron chi connectivity index (χ2n) is 3.88. The molecule has 1 aromatic carbocycles. The molecule has 19 heavy (non-hydrogen) atoms. The standard InChI is InChI=1S/C12H14BrN5S/c1-7-3-4-8(13)9(5-7)15-10-6-11(18-14)17-12(16-10)19-2/h3-6H,14H2,1-2H3,(H2,15,16,17,18). The number of hydrazine groups is 1. The molecule has 0 aliphatic rings. The second kappa shape index (κ2) is 6.23. The Kier molecular flexibility index (Phi) is 4.62. The molecule has 0 atom stereocenters. The highest BCUT2D eigenvalue weighted by molar-refractivity contribution is 9.10. The maximum Gasteiger partial charge on any atom is 0.191 e. The minimum absolute atomic E-state index is 0.575. The maximum absolute atomic E-state index is 5.40. The van der Waals surface area contributed by atoms with E-state index in [1.807, 2.05) is 31.4 Å². The number of halogens is 1. The number of aromatic nitrogens is 2. The van der Waals surface area contributed by atoms with E-state index in [1.54, 1.807) is 6.07 Å². The third-order valence-electron chi connectivity index (χ3n) is 2.42. The Morgan fingerprint density at radius 3 is 2.63 bits per heavy atom. The average molecular weight is 340 g/mol. The van der Waals surface area contributed by atoms with Crippen molar-refractivity contribution in [3.63, 3.8) is 0 Å². The molecule has 0 spiro atoms. The maximum atomic E-state index is 5.40. The van der Waals surface area contributed by atoms with Crippen molar-refractivity contribution in [3.05, 3.63) is 34.3 Å². The molecule has 1 aromatic heterocycles. The Labute approximate surface area is 124 Å². The van der Waals surface area contributed by atoms with Gasteiger partial charge in [0.2, 0.25) is 0 Å². The number of nitrogens with one attached hydrogen (secondary N) is 2. The molecule has 0 unspecified atom stereocenters. The first-order valence-electron chi connectivity index (χ1n) is 5.55. The van der Waals surface area contributed by atoms with Gasteiger partial charge in [0.25, 0.3) is 0 Å². The minimum atomic E-state index is 0.575. The van der Waals surface area contributed by atoms with Gasteiger partial charge in [-0.1, -0.05) is 17.8 Å². The number of nitrogens with zero attached hydrogens (tertiary/aromatic N) is 2. The van der Waals surface area contributed by atoms with Crippen molar-refractivity contribution in [2.24, 2.45) is 5.84 Å². The van der Waals surface area contributed by atoms with Crippen LogP contribution in [-0.2, 0) is 0 Å². The van der Waals surface area contributed by atoms with Crippen molar-refractivity contribution in [1.29, 1.82) is 0 Å². The molecule has 0 saturated carbocycles. The topological polar surface area (TPSA) is 75.9 Å². The lowest BCUT2D eigenvalue weighted by molar-refractivity contribution is 0.971. The van der Waals surface area contributed by atoms with Gasteiger partial charge in [0.1, 0.15) is 11.6 Å². The molecular weight excluding hydrogens is 326 g/mol. The Balaban J connectivity index is 2.34. The van der Waals surface area contributed by atoms with E-state index in [9.17, 15) is 0 Å². The smallest absolute Gasteiger partial charge is 0.191 e. The third kappa shape index (κ3) is 3.59. The van der Waals surface area contributed by atoms with Crippen LogP contribution in [0.3, 0.4) is 0 Å². The van der Waals surface area contributed by atoms with Crippen molar-refractivity contribution < 1.29 is 0 Å². The predicted molar refractivity (Wildman–Crippen MR) is 83.8 cm³/mol. The van der Waals surface area contributed by atoms with Crippen LogP contribution in [0.25, 0.3) is 0 Å². The summed E-state index contributed by atoms with van der Waals surface area (Å²) in [5.74, 6) is 6.67. The lowest BCUT2D eigenvalue weighted by Gasteiger charge is -2.10. The number of rotatable bonds is 4. The number of thioether (sulfide) groups is 1. The molecule has 4 N–H and O–H groups in total. The van der Waals surface area contributed by atoms with Crippen LogP contribution in [-0.4, -0.2) is 16.2 Å². The summed E-state index contributed by atoms with van der Waals surface area (Å²) in [5, 5.41) is 3.91. The number of benzene rings is 1. The highest BCUT2D eigenvalue weighted by Gasteiger charge is 2.06. The molecule has 0 saturated heterocycles. The van der Waals surface area contributed by atoms with E-state index in [1.165, 1.54) is 17.3 Å². The number of anilines is 3. The summed E-state index contributed by atoms with van der Waals surface area (Å²) in [6, 6.07) is 7.83. The summed E-state index contributed by atoms with van der Waals surface area (Å²) >= 11 is 4.97. The van der Waals surface area contributed by atoms with Gasteiger partial charge in [-0.25, -0.2) is 15.8 Å². The zero-order valence-electron chi connectivity index (χ0n) is 10.6. The van der Waals surface area contributed by atoms with Crippen molar-refractivity contribution in [1.82, 2.24) is 9.97 Å². The van der Waals surface area contributed by atoms with E-state index in [2.05, 4.69) is 36.6 Å². The van der Waals surface area contributed by atoms with Crippen molar-refractivity contribution in [2.75, 3.05) is 17.0 Å². The van der Waals surface area contributed by atoms with Crippen LogP contribution in [0.4, 0.5) is 17.3 Å². The Morgan fingerprint density at radius 2 is 1.95 bits per heavy atom. The van der Waals surface area contributed by atoms with E-state index in [0.29, 0.717) is 16.8 Å². The monoisotopic (exact) mass is 339 g/mol. The Hall–Kier alpha value is -1.31. The minimum Gasteiger partial charge on any atom is -0.339 e. The molecule has 2 aromatic rings. The molecule has 0 aliphatic carbocycles. The van der Waals surface area contributed by atoms with E-state index in [-0.39, 0.29) is 0 Å². The second-order valence-corrected chi connectivity index (χ2v) is 5.51. The molecule has 1 heterocycles. The van der Waals surface area contributed by atoms with E-state index < -0.39 is 0 Å². The lowest BCUT2D eigenvalue weighted by Crippen LogP contribution is -2.10. The first kappa shape index (κ1) is 14.1. The van der Waals surface area contributed by atoms with Gasteiger partial charge < -0.3 is 10.7 Å². The normalized spacial score (nSPS) is 10.3. The molecule has 7 heteroatoms. The molecule has 2 rings (SSSR count). The molecule has 0 radical (unpaired) electrons. The third-order valence-corrected chi connectivity index (χ3v) is 3.66. The van der Waals surface area contributed by atoms with Crippen LogP contribution in [0.15, 0.2) is 33.9 Å². The van der Waals surface area contributed by atoms with Crippen molar-refractivity contribution >= 4 is 45.0 Å². The Bertz CT molecular complexity index is 568. The summed E-state index contributed by atoms with van der Waals surface area (Å²) in [6.45, 7) is 2.04. The van der Waals surface area contributed by atoms with Gasteiger partial charge in [0, 0.05) is 10.5 Å². The quantitative estimate of drug-likeness (QED) is 0.343.